The van der Waals surface area contributed by atoms with Crippen LogP contribution in [0.4, 0.5) is 0 Å². The van der Waals surface area contributed by atoms with Crippen LogP contribution in [0.25, 0.3) is 0 Å². The van der Waals surface area contributed by atoms with Crippen LogP contribution in [0.1, 0.15) is 31.4 Å². The Labute approximate surface area is 149 Å². The van der Waals surface area contributed by atoms with E-state index < -0.39 is 6.10 Å². The number of nitrogens with one attached hydrogen (secondary N) is 2. The molecule has 2 aromatic carbocycles. The molecule has 1 atom stereocenters. The normalized spacial score (nSPS) is 17.5. The van der Waals surface area contributed by atoms with Crippen LogP contribution in [-0.2, 0) is 4.79 Å². The van der Waals surface area contributed by atoms with Crippen LogP contribution in [0.15, 0.2) is 60.7 Å². The van der Waals surface area contributed by atoms with Gasteiger partial charge in [-0.3, -0.25) is 4.79 Å². The molecule has 1 amide bonds. The van der Waals surface area contributed by atoms with Gasteiger partial charge in [0.25, 0.3) is 5.91 Å². The first-order chi connectivity index (χ1) is 12.2. The molecule has 1 saturated heterocycles. The maximum atomic E-state index is 12.9. The first kappa shape index (κ1) is 17.5. The third-order valence-corrected chi connectivity index (χ3v) is 4.84. The summed E-state index contributed by atoms with van der Waals surface area (Å²) in [5, 5.41) is 6.49. The Hall–Kier alpha value is -2.33. The van der Waals surface area contributed by atoms with Gasteiger partial charge in [-0.2, -0.15) is 0 Å². The average Bonchev–Trinajstić information content (AvgIpc) is 2.66. The van der Waals surface area contributed by atoms with Gasteiger partial charge in [0.05, 0.1) is 0 Å². The van der Waals surface area contributed by atoms with E-state index in [1.165, 1.54) is 0 Å². The van der Waals surface area contributed by atoms with E-state index in [9.17, 15) is 4.79 Å². The Morgan fingerprint density at radius 3 is 2.32 bits per heavy atom. The lowest BCUT2D eigenvalue weighted by Gasteiger charge is -2.34. The highest BCUT2D eigenvalue weighted by Gasteiger charge is 2.29. The fourth-order valence-corrected chi connectivity index (χ4v) is 3.14. The number of carbonyl (C=O) groups is 1. The first-order valence-electron chi connectivity index (χ1n) is 8.91. The van der Waals surface area contributed by atoms with Gasteiger partial charge in [-0.05, 0) is 43.5 Å². The number of piperidine rings is 1. The molecule has 0 bridgehead atoms. The summed E-state index contributed by atoms with van der Waals surface area (Å²) in [6.45, 7) is 4.93. The molecule has 2 aromatic rings. The standard InChI is InChI=1S/C21H26N2O2/c1-21(12-14-22-15-13-21)16-23-20(24)19(17-8-4-2-5-9-17)25-18-10-6-3-7-11-18/h2-11,19,22H,12-16H2,1H3,(H,23,24). The molecule has 0 saturated carbocycles. The minimum Gasteiger partial charge on any atom is -0.476 e. The van der Waals surface area contributed by atoms with Crippen molar-refractivity contribution >= 4 is 5.91 Å². The summed E-state index contributed by atoms with van der Waals surface area (Å²) in [7, 11) is 0. The summed E-state index contributed by atoms with van der Waals surface area (Å²) in [5.74, 6) is 0.606. The lowest BCUT2D eigenvalue weighted by Crippen LogP contribution is -2.44. The molecule has 1 aliphatic rings. The maximum absolute atomic E-state index is 12.9. The fourth-order valence-electron chi connectivity index (χ4n) is 3.14. The molecule has 4 nitrogen and oxygen atoms in total. The lowest BCUT2D eigenvalue weighted by molar-refractivity contribution is -0.128. The van der Waals surface area contributed by atoms with Crippen molar-refractivity contribution in [3.05, 3.63) is 66.2 Å². The molecular formula is C21H26N2O2. The molecule has 4 heteroatoms. The van der Waals surface area contributed by atoms with Crippen molar-refractivity contribution < 1.29 is 9.53 Å². The highest BCUT2D eigenvalue weighted by Crippen LogP contribution is 2.27. The van der Waals surface area contributed by atoms with Gasteiger partial charge in [-0.1, -0.05) is 55.5 Å². The van der Waals surface area contributed by atoms with Gasteiger partial charge in [-0.25, -0.2) is 0 Å². The predicted molar refractivity (Wildman–Crippen MR) is 99.5 cm³/mol. The number of carbonyl (C=O) groups excluding carboxylic acids is 1. The third kappa shape index (κ3) is 4.83. The summed E-state index contributed by atoms with van der Waals surface area (Å²) in [4.78, 5) is 12.9. The zero-order valence-electron chi connectivity index (χ0n) is 14.7. The van der Waals surface area contributed by atoms with E-state index in [-0.39, 0.29) is 11.3 Å². The Morgan fingerprint density at radius 2 is 1.68 bits per heavy atom. The summed E-state index contributed by atoms with van der Waals surface area (Å²) < 4.78 is 6.01. The largest absolute Gasteiger partial charge is 0.476 e. The van der Waals surface area contributed by atoms with E-state index in [0.717, 1.165) is 31.5 Å². The Balaban J connectivity index is 1.71. The molecule has 0 spiro atoms. The molecule has 0 aromatic heterocycles. The van der Waals surface area contributed by atoms with Gasteiger partial charge in [0.15, 0.2) is 0 Å². The number of hydrogen-bond acceptors (Lipinski definition) is 3. The Kier molecular flexibility index (Phi) is 5.71. The lowest BCUT2D eigenvalue weighted by atomic mass is 9.81. The van der Waals surface area contributed by atoms with Crippen LogP contribution in [0.5, 0.6) is 5.75 Å². The van der Waals surface area contributed by atoms with Gasteiger partial charge in [0.2, 0.25) is 6.10 Å². The van der Waals surface area contributed by atoms with Gasteiger partial charge in [-0.15, -0.1) is 0 Å². The minimum absolute atomic E-state index is 0.0881. The minimum atomic E-state index is -0.645. The number of benzene rings is 2. The van der Waals surface area contributed by atoms with Crippen LogP contribution in [0, 0.1) is 5.41 Å². The number of hydrogen-bond donors (Lipinski definition) is 2. The third-order valence-electron chi connectivity index (χ3n) is 4.84. The average molecular weight is 338 g/mol. The van der Waals surface area contributed by atoms with Crippen LogP contribution in [-0.4, -0.2) is 25.5 Å². The number of ether oxygens (including phenoxy) is 1. The van der Waals surface area contributed by atoms with Gasteiger partial charge < -0.3 is 15.4 Å². The SMILES string of the molecule is CC1(CNC(=O)C(Oc2ccccc2)c2ccccc2)CCNCC1. The van der Waals surface area contributed by atoms with Crippen LogP contribution in [0.3, 0.4) is 0 Å². The maximum Gasteiger partial charge on any atom is 0.265 e. The predicted octanol–water partition coefficient (Wildman–Crippen LogP) is 3.31. The molecular weight excluding hydrogens is 312 g/mol. The number of rotatable bonds is 6. The second-order valence-corrected chi connectivity index (χ2v) is 7.00. The van der Waals surface area contributed by atoms with Crippen molar-refractivity contribution in [3.8, 4) is 5.75 Å². The second-order valence-electron chi connectivity index (χ2n) is 7.00. The van der Waals surface area contributed by atoms with E-state index in [0.29, 0.717) is 12.3 Å². The molecule has 0 aliphatic carbocycles. The van der Waals surface area contributed by atoms with Crippen molar-refractivity contribution in [2.24, 2.45) is 5.41 Å². The molecule has 1 aliphatic heterocycles. The molecule has 1 heterocycles. The summed E-state index contributed by atoms with van der Waals surface area (Å²) in [6.07, 6.45) is 1.50. The van der Waals surface area contributed by atoms with Gasteiger partial charge >= 0.3 is 0 Å². The Bertz CT molecular complexity index is 667. The van der Waals surface area contributed by atoms with E-state index in [2.05, 4.69) is 17.6 Å². The van der Waals surface area contributed by atoms with E-state index >= 15 is 0 Å². The topological polar surface area (TPSA) is 50.4 Å². The van der Waals surface area contributed by atoms with Gasteiger partial charge in [0, 0.05) is 12.1 Å². The molecule has 1 unspecified atom stereocenters. The van der Waals surface area contributed by atoms with E-state index in [4.69, 9.17) is 4.74 Å². The molecule has 132 valence electrons. The first-order valence-corrected chi connectivity index (χ1v) is 8.91. The summed E-state index contributed by atoms with van der Waals surface area (Å²) in [5.41, 5.74) is 1.01. The van der Waals surface area contributed by atoms with Crippen molar-refractivity contribution in [2.45, 2.75) is 25.9 Å². The molecule has 3 rings (SSSR count). The van der Waals surface area contributed by atoms with Crippen molar-refractivity contribution in [1.82, 2.24) is 10.6 Å². The smallest absolute Gasteiger partial charge is 0.265 e. The van der Waals surface area contributed by atoms with E-state index in [1.54, 1.807) is 0 Å². The molecule has 1 fully saturated rings. The molecule has 2 N–H and O–H groups in total. The van der Waals surface area contributed by atoms with Crippen LogP contribution < -0.4 is 15.4 Å². The summed E-state index contributed by atoms with van der Waals surface area (Å²) >= 11 is 0. The summed E-state index contributed by atoms with van der Waals surface area (Å²) in [6, 6.07) is 19.2. The van der Waals surface area contributed by atoms with Crippen molar-refractivity contribution in [3.63, 3.8) is 0 Å². The zero-order valence-corrected chi connectivity index (χ0v) is 14.7. The van der Waals surface area contributed by atoms with E-state index in [1.807, 2.05) is 60.7 Å². The fraction of sp³-hybridized carbons (Fsp3) is 0.381. The highest BCUT2D eigenvalue weighted by molar-refractivity contribution is 5.82. The zero-order chi connectivity index (χ0) is 17.5. The number of para-hydroxylation sites is 1. The molecule has 0 radical (unpaired) electrons. The molecule has 25 heavy (non-hydrogen) atoms. The van der Waals surface area contributed by atoms with Gasteiger partial charge in [0.1, 0.15) is 5.75 Å². The van der Waals surface area contributed by atoms with Crippen LogP contribution >= 0.6 is 0 Å². The van der Waals surface area contributed by atoms with Crippen molar-refractivity contribution in [1.29, 1.82) is 0 Å². The quantitative estimate of drug-likeness (QED) is 0.849. The highest BCUT2D eigenvalue weighted by atomic mass is 16.5. The number of amides is 1. The Morgan fingerprint density at radius 1 is 1.08 bits per heavy atom. The monoisotopic (exact) mass is 338 g/mol. The van der Waals surface area contributed by atoms with Crippen molar-refractivity contribution in [2.75, 3.05) is 19.6 Å². The van der Waals surface area contributed by atoms with Crippen LogP contribution in [0.2, 0.25) is 0 Å². The second kappa shape index (κ2) is 8.17.